The molecule has 1 aliphatic carbocycles. The van der Waals surface area contributed by atoms with Gasteiger partial charge >= 0.3 is 0 Å². The maximum atomic E-state index is 2.47. The summed E-state index contributed by atoms with van der Waals surface area (Å²) in [5.41, 5.74) is 12.9. The first-order chi connectivity index (χ1) is 28.0. The Bertz CT molecular complexity index is 3490. The summed E-state index contributed by atoms with van der Waals surface area (Å²) in [6, 6.07) is 72.7. The van der Waals surface area contributed by atoms with E-state index in [-0.39, 0.29) is 5.41 Å². The fourth-order valence-electron chi connectivity index (χ4n) is 10.2. The number of rotatable bonds is 3. The van der Waals surface area contributed by atoms with E-state index in [4.69, 9.17) is 0 Å². The normalized spacial score (nSPS) is 13.2. The predicted molar refractivity (Wildman–Crippen MR) is 245 cm³/mol. The number of benzene rings is 11. The monoisotopic (exact) mass is 722 g/mol. The second-order valence-corrected chi connectivity index (χ2v) is 16.4. The van der Waals surface area contributed by atoms with Gasteiger partial charge in [-0.15, -0.1) is 0 Å². The van der Waals surface area contributed by atoms with Gasteiger partial charge in [0.05, 0.1) is 0 Å². The van der Waals surface area contributed by atoms with Crippen LogP contribution in [0, 0.1) is 0 Å². The average Bonchev–Trinajstić information content (AvgIpc) is 3.49. The Morgan fingerprint density at radius 3 is 1.32 bits per heavy atom. The zero-order valence-electron chi connectivity index (χ0n) is 32.0. The van der Waals surface area contributed by atoms with Crippen molar-refractivity contribution >= 4 is 64.6 Å². The summed E-state index contributed by atoms with van der Waals surface area (Å²) in [5.74, 6) is 0. The van der Waals surface area contributed by atoms with Crippen molar-refractivity contribution in [1.29, 1.82) is 0 Å². The molecule has 12 rings (SSSR count). The van der Waals surface area contributed by atoms with Crippen LogP contribution >= 0.6 is 0 Å². The summed E-state index contributed by atoms with van der Waals surface area (Å²) < 4.78 is 0. The molecule has 57 heavy (non-hydrogen) atoms. The lowest BCUT2D eigenvalue weighted by atomic mass is 9.80. The van der Waals surface area contributed by atoms with Gasteiger partial charge in [0.15, 0.2) is 0 Å². The third kappa shape index (κ3) is 4.68. The molecule has 0 radical (unpaired) electrons. The topological polar surface area (TPSA) is 0 Å². The highest BCUT2D eigenvalue weighted by Gasteiger charge is 2.36. The van der Waals surface area contributed by atoms with Gasteiger partial charge in [0.25, 0.3) is 0 Å². The minimum absolute atomic E-state index is 0.161. The van der Waals surface area contributed by atoms with Crippen LogP contribution in [0.4, 0.5) is 0 Å². The van der Waals surface area contributed by atoms with Crippen molar-refractivity contribution < 1.29 is 0 Å². The summed E-state index contributed by atoms with van der Waals surface area (Å²) >= 11 is 0. The Labute approximate surface area is 332 Å². The Morgan fingerprint density at radius 2 is 0.667 bits per heavy atom. The quantitative estimate of drug-likeness (QED) is 0.159. The van der Waals surface area contributed by atoms with E-state index >= 15 is 0 Å². The molecule has 0 nitrogen and oxygen atoms in total. The van der Waals surface area contributed by atoms with Crippen molar-refractivity contribution in [2.24, 2.45) is 0 Å². The van der Waals surface area contributed by atoms with Crippen LogP contribution in [-0.2, 0) is 5.41 Å². The molecule has 0 bridgehead atoms. The molecular formula is C57H38. The van der Waals surface area contributed by atoms with Crippen LogP contribution in [0.2, 0.25) is 0 Å². The molecular weight excluding hydrogens is 685 g/mol. The molecule has 11 aromatic carbocycles. The molecule has 0 unspecified atom stereocenters. The Morgan fingerprint density at radius 1 is 0.246 bits per heavy atom. The van der Waals surface area contributed by atoms with Gasteiger partial charge in [-0.05, 0) is 145 Å². The maximum Gasteiger partial charge on any atom is 0.0159 e. The van der Waals surface area contributed by atoms with Crippen LogP contribution in [-0.4, -0.2) is 0 Å². The van der Waals surface area contributed by atoms with Crippen molar-refractivity contribution in [3.8, 4) is 44.5 Å². The molecule has 0 heterocycles. The van der Waals surface area contributed by atoms with E-state index in [1.54, 1.807) is 0 Å². The van der Waals surface area contributed by atoms with Crippen molar-refractivity contribution in [2.45, 2.75) is 19.3 Å². The van der Waals surface area contributed by atoms with Gasteiger partial charge in [0, 0.05) is 5.41 Å². The highest BCUT2D eigenvalue weighted by atomic mass is 14.4. The smallest absolute Gasteiger partial charge is 0.0159 e. The zero-order chi connectivity index (χ0) is 37.8. The zero-order valence-corrected chi connectivity index (χ0v) is 32.0. The van der Waals surface area contributed by atoms with Gasteiger partial charge in [0.2, 0.25) is 0 Å². The van der Waals surface area contributed by atoms with Crippen LogP contribution in [0.25, 0.3) is 109 Å². The molecule has 0 fully saturated rings. The second-order valence-electron chi connectivity index (χ2n) is 16.4. The summed E-state index contributed by atoms with van der Waals surface area (Å²) in [6.07, 6.45) is 0. The van der Waals surface area contributed by atoms with Crippen LogP contribution in [0.15, 0.2) is 194 Å². The number of hydrogen-bond acceptors (Lipinski definition) is 0. The molecule has 266 valence electrons. The van der Waals surface area contributed by atoms with Gasteiger partial charge in [-0.1, -0.05) is 184 Å². The van der Waals surface area contributed by atoms with Crippen LogP contribution in [0.3, 0.4) is 0 Å². The SMILES string of the molecule is CC1(C)c2cc(-c3ccc(-c4cc5c6ccccc6ccc5c5ccccc45)c4ccccc34)ccc2-c2ccc(-c3cc4ccccc4c4ccccc34)cc21. The second kappa shape index (κ2) is 12.0. The van der Waals surface area contributed by atoms with Crippen molar-refractivity contribution in [3.63, 3.8) is 0 Å². The summed E-state index contributed by atoms with van der Waals surface area (Å²) in [5, 5.41) is 15.5. The lowest BCUT2D eigenvalue weighted by Crippen LogP contribution is -2.15. The molecule has 0 spiro atoms. The lowest BCUT2D eigenvalue weighted by molar-refractivity contribution is 0.661. The average molecular weight is 723 g/mol. The van der Waals surface area contributed by atoms with E-state index in [2.05, 4.69) is 208 Å². The molecule has 0 aromatic heterocycles. The van der Waals surface area contributed by atoms with Crippen molar-refractivity contribution in [1.82, 2.24) is 0 Å². The molecule has 1 aliphatic rings. The van der Waals surface area contributed by atoms with E-state index in [1.165, 1.54) is 120 Å². The summed E-state index contributed by atoms with van der Waals surface area (Å²) in [7, 11) is 0. The molecule has 0 aliphatic heterocycles. The van der Waals surface area contributed by atoms with Gasteiger partial charge in [0.1, 0.15) is 0 Å². The highest BCUT2D eigenvalue weighted by Crippen LogP contribution is 2.52. The van der Waals surface area contributed by atoms with E-state index in [9.17, 15) is 0 Å². The van der Waals surface area contributed by atoms with Crippen molar-refractivity contribution in [3.05, 3.63) is 205 Å². The highest BCUT2D eigenvalue weighted by molar-refractivity contribution is 6.22. The first-order valence-electron chi connectivity index (χ1n) is 20.1. The first kappa shape index (κ1) is 32.2. The maximum absolute atomic E-state index is 2.47. The molecule has 11 aromatic rings. The third-order valence-electron chi connectivity index (χ3n) is 13.0. The largest absolute Gasteiger partial charge is 0.0616 e. The Kier molecular flexibility index (Phi) is 6.78. The number of hydrogen-bond donors (Lipinski definition) is 0. The standard InChI is InChI=1S/C57H38/c1-57(2)55-32-37(24-27-50(55)51-28-25-38(33-56(51)57)52-31-36-14-4-6-16-40(36)42-17-8-11-21-46(42)52)41-29-30-49(44-19-9-7-18-43(41)44)54-34-53-39-15-5-3-13-35(39)23-26-48(53)45-20-10-12-22-47(45)54/h3-34H,1-2H3. The molecule has 0 heteroatoms. The molecule has 0 atom stereocenters. The number of fused-ring (bicyclic) bond motifs is 12. The van der Waals surface area contributed by atoms with Gasteiger partial charge in [-0.25, -0.2) is 0 Å². The van der Waals surface area contributed by atoms with Gasteiger partial charge < -0.3 is 0 Å². The minimum Gasteiger partial charge on any atom is -0.0616 e. The first-order valence-corrected chi connectivity index (χ1v) is 20.1. The Balaban J connectivity index is 0.998. The fraction of sp³-hybridized carbons (Fsp3) is 0.0526. The molecule has 0 saturated heterocycles. The fourth-order valence-corrected chi connectivity index (χ4v) is 10.2. The van der Waals surface area contributed by atoms with Gasteiger partial charge in [-0.3, -0.25) is 0 Å². The van der Waals surface area contributed by atoms with Crippen molar-refractivity contribution in [2.75, 3.05) is 0 Å². The van der Waals surface area contributed by atoms with E-state index in [1.807, 2.05) is 0 Å². The van der Waals surface area contributed by atoms with Crippen LogP contribution < -0.4 is 0 Å². The van der Waals surface area contributed by atoms with E-state index in [0.29, 0.717) is 0 Å². The molecule has 0 saturated carbocycles. The van der Waals surface area contributed by atoms with E-state index in [0.717, 1.165) is 0 Å². The Hall–Kier alpha value is -7.02. The van der Waals surface area contributed by atoms with Crippen LogP contribution in [0.1, 0.15) is 25.0 Å². The van der Waals surface area contributed by atoms with E-state index < -0.39 is 0 Å². The third-order valence-corrected chi connectivity index (χ3v) is 13.0. The van der Waals surface area contributed by atoms with Gasteiger partial charge in [-0.2, -0.15) is 0 Å². The molecule has 0 amide bonds. The minimum atomic E-state index is -0.161. The summed E-state index contributed by atoms with van der Waals surface area (Å²) in [4.78, 5) is 0. The predicted octanol–water partition coefficient (Wildman–Crippen LogP) is 15.9. The lowest BCUT2D eigenvalue weighted by Gasteiger charge is -2.23. The molecule has 0 N–H and O–H groups in total. The summed E-state index contributed by atoms with van der Waals surface area (Å²) in [6.45, 7) is 4.80. The van der Waals surface area contributed by atoms with Crippen LogP contribution in [0.5, 0.6) is 0 Å².